The Balaban J connectivity index is 0.000000194. The third kappa shape index (κ3) is 8.55. The average Bonchev–Trinajstić information content (AvgIpc) is 3.46. The fourth-order valence-electron chi connectivity index (χ4n) is 6.91. The smallest absolute Gasteiger partial charge is 0.322 e. The number of rotatable bonds is 8. The van der Waals surface area contributed by atoms with E-state index in [1.165, 1.54) is 46.7 Å². The SMILES string of the molecule is C[C@]1(CS(=O)(=O)N2CCC(c3ccc(F)cc3)CC2)CC(=O)NC1=O.C[C@]1(CS(=O)(=O)N2CCC(c3ccc(F)cc3)CC2)NC(=O)NC1=O. The fourth-order valence-corrected chi connectivity index (χ4v) is 10.8. The van der Waals surface area contributed by atoms with Crippen LogP contribution in [0.3, 0.4) is 0 Å². The van der Waals surface area contributed by atoms with E-state index < -0.39 is 60.5 Å². The highest BCUT2D eigenvalue weighted by molar-refractivity contribution is 7.89. The number of urea groups is 1. The number of imide groups is 2. The quantitative estimate of drug-likeness (QED) is 0.273. The average molecular weight is 738 g/mol. The molecular formula is C33H41F2N5O8S2. The van der Waals surface area contributed by atoms with E-state index in [1.54, 1.807) is 24.3 Å². The molecule has 0 aliphatic carbocycles. The summed E-state index contributed by atoms with van der Waals surface area (Å²) in [5, 5.41) is 6.61. The predicted octanol–water partition coefficient (Wildman–Crippen LogP) is 2.32. The van der Waals surface area contributed by atoms with E-state index in [0.29, 0.717) is 51.9 Å². The summed E-state index contributed by atoms with van der Waals surface area (Å²) in [5.74, 6) is -2.65. The lowest BCUT2D eigenvalue weighted by Crippen LogP contribution is -2.53. The first-order valence-electron chi connectivity index (χ1n) is 16.3. The maximum atomic E-state index is 13.0. The van der Waals surface area contributed by atoms with Crippen LogP contribution in [-0.4, -0.2) is 92.4 Å². The van der Waals surface area contributed by atoms with Crippen molar-refractivity contribution in [1.29, 1.82) is 0 Å². The highest BCUT2D eigenvalue weighted by Crippen LogP contribution is 2.34. The highest BCUT2D eigenvalue weighted by atomic mass is 32.2. The van der Waals surface area contributed by atoms with Crippen molar-refractivity contribution in [2.24, 2.45) is 5.41 Å². The summed E-state index contributed by atoms with van der Waals surface area (Å²) >= 11 is 0. The van der Waals surface area contributed by atoms with E-state index in [1.807, 2.05) is 0 Å². The van der Waals surface area contributed by atoms with E-state index in [4.69, 9.17) is 0 Å². The van der Waals surface area contributed by atoms with Crippen molar-refractivity contribution < 1.29 is 44.8 Å². The van der Waals surface area contributed by atoms with Crippen molar-refractivity contribution in [1.82, 2.24) is 24.6 Å². The van der Waals surface area contributed by atoms with Crippen LogP contribution >= 0.6 is 0 Å². The van der Waals surface area contributed by atoms with Crippen molar-refractivity contribution in [2.45, 2.75) is 63.3 Å². The zero-order valence-electron chi connectivity index (χ0n) is 27.8. The van der Waals surface area contributed by atoms with Crippen molar-refractivity contribution in [2.75, 3.05) is 37.7 Å². The van der Waals surface area contributed by atoms with Gasteiger partial charge in [0.25, 0.3) is 5.91 Å². The van der Waals surface area contributed by atoms with Crippen LogP contribution in [0.1, 0.15) is 68.9 Å². The second kappa shape index (κ2) is 14.4. The van der Waals surface area contributed by atoms with Crippen LogP contribution in [0.4, 0.5) is 13.6 Å². The maximum Gasteiger partial charge on any atom is 0.322 e. The molecule has 272 valence electrons. The molecule has 4 heterocycles. The molecule has 0 bridgehead atoms. The number of hydrogen-bond donors (Lipinski definition) is 3. The number of amides is 5. The van der Waals surface area contributed by atoms with Gasteiger partial charge in [0, 0.05) is 32.6 Å². The molecule has 17 heteroatoms. The van der Waals surface area contributed by atoms with Crippen LogP contribution in [0, 0.1) is 17.0 Å². The molecule has 2 aromatic carbocycles. The summed E-state index contributed by atoms with van der Waals surface area (Å²) < 4.78 is 79.4. The molecule has 0 unspecified atom stereocenters. The Kier molecular flexibility index (Phi) is 10.8. The molecule has 13 nitrogen and oxygen atoms in total. The summed E-state index contributed by atoms with van der Waals surface area (Å²) in [5.41, 5.74) is -0.660. The van der Waals surface area contributed by atoms with Crippen LogP contribution < -0.4 is 16.0 Å². The molecule has 2 atom stereocenters. The molecule has 4 saturated heterocycles. The summed E-state index contributed by atoms with van der Waals surface area (Å²) in [4.78, 5) is 46.4. The summed E-state index contributed by atoms with van der Waals surface area (Å²) in [7, 11) is -7.33. The molecule has 0 aromatic heterocycles. The number of halogens is 2. The first kappa shape index (κ1) is 37.5. The third-order valence-corrected chi connectivity index (χ3v) is 14.1. The van der Waals surface area contributed by atoms with Gasteiger partial charge in [-0.25, -0.2) is 39.0 Å². The molecule has 6 rings (SSSR count). The fraction of sp³-hybridized carbons (Fsp3) is 0.515. The minimum absolute atomic E-state index is 0.100. The van der Waals surface area contributed by atoms with Crippen molar-refractivity contribution in [3.8, 4) is 0 Å². The van der Waals surface area contributed by atoms with E-state index in [-0.39, 0.29) is 35.6 Å². The van der Waals surface area contributed by atoms with Gasteiger partial charge >= 0.3 is 6.03 Å². The second-order valence-corrected chi connectivity index (χ2v) is 17.8. The summed E-state index contributed by atoms with van der Waals surface area (Å²) in [6, 6.07) is 11.9. The molecule has 4 fully saturated rings. The maximum absolute atomic E-state index is 13.0. The van der Waals surface area contributed by atoms with Gasteiger partial charge in [-0.2, -0.15) is 0 Å². The Morgan fingerprint density at radius 3 is 1.44 bits per heavy atom. The lowest BCUT2D eigenvalue weighted by molar-refractivity contribution is -0.127. The van der Waals surface area contributed by atoms with Gasteiger partial charge in [0.15, 0.2) is 0 Å². The van der Waals surface area contributed by atoms with Crippen LogP contribution in [0.5, 0.6) is 0 Å². The topological polar surface area (TPSA) is 179 Å². The van der Waals surface area contributed by atoms with Crippen LogP contribution in [0.2, 0.25) is 0 Å². The van der Waals surface area contributed by atoms with Gasteiger partial charge < -0.3 is 5.32 Å². The number of carbonyl (C=O) groups is 4. The number of sulfonamides is 2. The van der Waals surface area contributed by atoms with Gasteiger partial charge in [-0.15, -0.1) is 0 Å². The van der Waals surface area contributed by atoms with E-state index in [9.17, 15) is 44.8 Å². The van der Waals surface area contributed by atoms with E-state index in [2.05, 4.69) is 16.0 Å². The Labute approximate surface area is 290 Å². The number of benzene rings is 2. The molecule has 2 aromatic rings. The number of hydrogen-bond acceptors (Lipinski definition) is 8. The van der Waals surface area contributed by atoms with Gasteiger partial charge in [-0.3, -0.25) is 25.0 Å². The molecule has 4 aliphatic rings. The molecule has 0 spiro atoms. The van der Waals surface area contributed by atoms with Crippen molar-refractivity contribution in [3.05, 3.63) is 71.3 Å². The standard InChI is InChI=1S/C17H21FN2O4S.C16H20FN3O4S/c1-17(10-15(21)19-16(17)22)11-25(23,24)20-8-6-13(7-9-20)12-2-4-14(18)5-3-12;1-16(14(21)18-15(22)19-16)10-25(23,24)20-8-6-12(7-9-20)11-2-4-13(17)5-3-11/h2-5,13H,6-11H2,1H3,(H,19,21,22);2-5,12H,6-10H2,1H3,(H2,18,19,21,22)/t17-;16-/m11/s1. The van der Waals surface area contributed by atoms with E-state index in [0.717, 1.165) is 11.1 Å². The second-order valence-electron chi connectivity index (χ2n) is 13.8. The number of piperidine rings is 2. The molecule has 4 aliphatic heterocycles. The summed E-state index contributed by atoms with van der Waals surface area (Å²) in [6.07, 6.45) is 2.44. The molecule has 0 saturated carbocycles. The third-order valence-electron chi connectivity index (χ3n) is 9.82. The molecule has 0 radical (unpaired) electrons. The lowest BCUT2D eigenvalue weighted by Gasteiger charge is -2.33. The zero-order valence-corrected chi connectivity index (χ0v) is 29.4. The number of nitrogens with zero attached hydrogens (tertiary/aromatic N) is 2. The minimum atomic E-state index is -3.70. The Hall–Kier alpha value is -3.80. The predicted molar refractivity (Wildman–Crippen MR) is 178 cm³/mol. The van der Waals surface area contributed by atoms with Crippen molar-refractivity contribution >= 4 is 43.8 Å². The van der Waals surface area contributed by atoms with Crippen molar-refractivity contribution in [3.63, 3.8) is 0 Å². The Morgan fingerprint density at radius 2 is 1.08 bits per heavy atom. The zero-order chi connectivity index (χ0) is 36.5. The molecule has 50 heavy (non-hydrogen) atoms. The van der Waals surface area contributed by atoms with Crippen LogP contribution in [0.25, 0.3) is 0 Å². The van der Waals surface area contributed by atoms with Gasteiger partial charge in [0.1, 0.15) is 17.2 Å². The molecule has 5 amide bonds. The minimum Gasteiger partial charge on any atom is -0.322 e. The lowest BCUT2D eigenvalue weighted by atomic mass is 9.90. The van der Waals surface area contributed by atoms with Crippen LogP contribution in [0.15, 0.2) is 48.5 Å². The highest BCUT2D eigenvalue weighted by Gasteiger charge is 2.48. The summed E-state index contributed by atoms with van der Waals surface area (Å²) in [6.45, 7) is 4.28. The van der Waals surface area contributed by atoms with Gasteiger partial charge in [-0.05, 0) is 86.8 Å². The number of carbonyl (C=O) groups excluding carboxylic acids is 4. The monoisotopic (exact) mass is 737 g/mol. The molecular weight excluding hydrogens is 697 g/mol. The van der Waals surface area contributed by atoms with Crippen LogP contribution in [-0.2, 0) is 34.4 Å². The normalized spacial score (nSPS) is 25.8. The molecule has 3 N–H and O–H groups in total. The number of nitrogens with one attached hydrogen (secondary N) is 3. The van der Waals surface area contributed by atoms with Gasteiger partial charge in [0.2, 0.25) is 31.9 Å². The van der Waals surface area contributed by atoms with Gasteiger partial charge in [-0.1, -0.05) is 24.3 Å². The first-order valence-corrected chi connectivity index (χ1v) is 19.6. The Bertz CT molecular complexity index is 1710. The van der Waals surface area contributed by atoms with E-state index >= 15 is 0 Å². The van der Waals surface area contributed by atoms with Gasteiger partial charge in [0.05, 0.1) is 16.9 Å². The largest absolute Gasteiger partial charge is 0.322 e. The Morgan fingerprint density at radius 1 is 0.660 bits per heavy atom. The first-order chi connectivity index (χ1) is 23.4.